The lowest BCUT2D eigenvalue weighted by Gasteiger charge is -2.26. The predicted molar refractivity (Wildman–Crippen MR) is 64.1 cm³/mol. The largest absolute Gasteiger partial charge is 0.396 e. The maximum absolute atomic E-state index is 13.6. The van der Waals surface area contributed by atoms with Gasteiger partial charge in [0, 0.05) is 24.4 Å². The summed E-state index contributed by atoms with van der Waals surface area (Å²) >= 11 is 0. The van der Waals surface area contributed by atoms with Crippen LogP contribution in [0.1, 0.15) is 25.8 Å². The van der Waals surface area contributed by atoms with Gasteiger partial charge in [-0.1, -0.05) is 19.9 Å². The lowest BCUT2D eigenvalue weighted by Crippen LogP contribution is -2.37. The number of carbonyl (C=O) groups excluding carboxylic acids is 1. The standard InChI is InChI=1S/C13H17F2NO2/c1-13(2,8-16-12(18)5-6-17)10-4-3-9(14)7-11(10)15/h3-4,7,17H,5-6,8H2,1-2H3,(H,16,18). The Kier molecular flexibility index (Phi) is 4.78. The SMILES string of the molecule is CC(C)(CNC(=O)CCO)c1ccc(F)cc1F. The molecule has 5 heteroatoms. The molecule has 0 heterocycles. The summed E-state index contributed by atoms with van der Waals surface area (Å²) in [5.74, 6) is -1.55. The van der Waals surface area contributed by atoms with Crippen LogP contribution >= 0.6 is 0 Å². The summed E-state index contributed by atoms with van der Waals surface area (Å²) in [6.45, 7) is 3.50. The number of hydrogen-bond donors (Lipinski definition) is 2. The number of carbonyl (C=O) groups is 1. The Bertz CT molecular complexity index is 433. The lowest BCUT2D eigenvalue weighted by atomic mass is 9.84. The number of nitrogens with one attached hydrogen (secondary N) is 1. The third-order valence-corrected chi connectivity index (χ3v) is 2.73. The van der Waals surface area contributed by atoms with Crippen molar-refractivity contribution in [2.45, 2.75) is 25.7 Å². The second-order valence-electron chi connectivity index (χ2n) is 4.76. The van der Waals surface area contributed by atoms with E-state index in [2.05, 4.69) is 5.32 Å². The first kappa shape index (κ1) is 14.6. The van der Waals surface area contributed by atoms with Crippen molar-refractivity contribution in [1.29, 1.82) is 0 Å². The van der Waals surface area contributed by atoms with Crippen LogP contribution in [0.5, 0.6) is 0 Å². The minimum Gasteiger partial charge on any atom is -0.396 e. The number of halogens is 2. The molecule has 2 N–H and O–H groups in total. The van der Waals surface area contributed by atoms with Crippen molar-refractivity contribution < 1.29 is 18.7 Å². The number of hydrogen-bond acceptors (Lipinski definition) is 2. The number of benzene rings is 1. The van der Waals surface area contributed by atoms with Crippen LogP contribution < -0.4 is 5.32 Å². The Balaban J connectivity index is 2.76. The van der Waals surface area contributed by atoms with Gasteiger partial charge in [0.15, 0.2) is 0 Å². The van der Waals surface area contributed by atoms with Gasteiger partial charge in [-0.25, -0.2) is 8.78 Å². The van der Waals surface area contributed by atoms with Crippen molar-refractivity contribution in [1.82, 2.24) is 5.32 Å². The minimum absolute atomic E-state index is 0.0159. The van der Waals surface area contributed by atoms with Gasteiger partial charge in [-0.2, -0.15) is 0 Å². The summed E-state index contributed by atoms with van der Waals surface area (Å²) in [6, 6.07) is 3.39. The summed E-state index contributed by atoms with van der Waals surface area (Å²) in [6.07, 6.45) is 0.0159. The zero-order valence-electron chi connectivity index (χ0n) is 10.5. The Labute approximate surface area is 105 Å². The number of aliphatic hydroxyl groups excluding tert-OH is 1. The van der Waals surface area contributed by atoms with Gasteiger partial charge in [-0.3, -0.25) is 4.79 Å². The molecule has 18 heavy (non-hydrogen) atoms. The van der Waals surface area contributed by atoms with Crippen LogP contribution in [-0.2, 0) is 10.2 Å². The van der Waals surface area contributed by atoms with Crippen molar-refractivity contribution in [2.24, 2.45) is 0 Å². The van der Waals surface area contributed by atoms with Crippen LogP contribution in [-0.4, -0.2) is 24.2 Å². The number of amides is 1. The third kappa shape index (κ3) is 3.77. The molecule has 0 saturated carbocycles. The van der Waals surface area contributed by atoms with E-state index in [9.17, 15) is 13.6 Å². The van der Waals surface area contributed by atoms with Crippen molar-refractivity contribution in [3.63, 3.8) is 0 Å². The zero-order valence-corrected chi connectivity index (χ0v) is 10.5. The molecule has 0 aliphatic carbocycles. The Morgan fingerprint density at radius 1 is 1.39 bits per heavy atom. The molecular formula is C13H17F2NO2. The van der Waals surface area contributed by atoms with Gasteiger partial charge in [0.25, 0.3) is 0 Å². The summed E-state index contributed by atoms with van der Waals surface area (Å²) < 4.78 is 26.4. The highest BCUT2D eigenvalue weighted by Crippen LogP contribution is 2.25. The average molecular weight is 257 g/mol. The molecule has 0 saturated heterocycles. The van der Waals surface area contributed by atoms with E-state index >= 15 is 0 Å². The molecule has 0 aromatic heterocycles. The molecule has 1 amide bonds. The van der Waals surface area contributed by atoms with E-state index in [1.165, 1.54) is 12.1 Å². The van der Waals surface area contributed by atoms with Crippen LogP contribution in [0.25, 0.3) is 0 Å². The van der Waals surface area contributed by atoms with Crippen LogP contribution in [0.2, 0.25) is 0 Å². The first-order chi connectivity index (χ1) is 8.36. The van der Waals surface area contributed by atoms with Crippen LogP contribution in [0, 0.1) is 11.6 Å². The molecule has 3 nitrogen and oxygen atoms in total. The van der Waals surface area contributed by atoms with E-state index in [4.69, 9.17) is 5.11 Å². The van der Waals surface area contributed by atoms with Crippen LogP contribution in [0.4, 0.5) is 8.78 Å². The first-order valence-electron chi connectivity index (χ1n) is 5.70. The van der Waals surface area contributed by atoms with Gasteiger partial charge in [0.1, 0.15) is 11.6 Å². The fraction of sp³-hybridized carbons (Fsp3) is 0.462. The van der Waals surface area contributed by atoms with E-state index < -0.39 is 17.0 Å². The summed E-state index contributed by atoms with van der Waals surface area (Å²) in [5, 5.41) is 11.2. The second kappa shape index (κ2) is 5.91. The van der Waals surface area contributed by atoms with Crippen molar-refractivity contribution >= 4 is 5.91 Å². The molecule has 1 aromatic rings. The number of aliphatic hydroxyl groups is 1. The Morgan fingerprint density at radius 2 is 2.06 bits per heavy atom. The quantitative estimate of drug-likeness (QED) is 0.844. The van der Waals surface area contributed by atoms with Crippen molar-refractivity contribution in [3.05, 3.63) is 35.4 Å². The molecule has 0 bridgehead atoms. The highest BCUT2D eigenvalue weighted by molar-refractivity contribution is 5.76. The molecule has 1 rings (SSSR count). The molecule has 1 aromatic carbocycles. The van der Waals surface area contributed by atoms with E-state index in [1.54, 1.807) is 13.8 Å². The fourth-order valence-corrected chi connectivity index (χ4v) is 1.64. The summed E-state index contributed by atoms with van der Waals surface area (Å²) in [5.41, 5.74) is -0.309. The van der Waals surface area contributed by atoms with Crippen molar-refractivity contribution in [3.8, 4) is 0 Å². The monoisotopic (exact) mass is 257 g/mol. The van der Waals surface area contributed by atoms with Gasteiger partial charge in [0.2, 0.25) is 5.91 Å². The van der Waals surface area contributed by atoms with E-state index in [0.717, 1.165) is 6.07 Å². The van der Waals surface area contributed by atoms with Gasteiger partial charge in [0.05, 0.1) is 6.61 Å². The van der Waals surface area contributed by atoms with Crippen LogP contribution in [0.15, 0.2) is 18.2 Å². The summed E-state index contributed by atoms with van der Waals surface area (Å²) in [4.78, 5) is 11.2. The molecule has 0 radical (unpaired) electrons. The van der Waals surface area contributed by atoms with Gasteiger partial charge in [-0.05, 0) is 11.6 Å². The second-order valence-corrected chi connectivity index (χ2v) is 4.76. The normalized spacial score (nSPS) is 11.4. The molecule has 100 valence electrons. The predicted octanol–water partition coefficient (Wildman–Crippen LogP) is 1.74. The van der Waals surface area contributed by atoms with E-state index in [-0.39, 0.29) is 25.5 Å². The van der Waals surface area contributed by atoms with E-state index in [1.807, 2.05) is 0 Å². The van der Waals surface area contributed by atoms with Crippen LogP contribution in [0.3, 0.4) is 0 Å². The Morgan fingerprint density at radius 3 is 2.61 bits per heavy atom. The molecule has 0 atom stereocenters. The first-order valence-corrected chi connectivity index (χ1v) is 5.70. The molecule has 0 aliphatic rings. The molecule has 0 spiro atoms. The topological polar surface area (TPSA) is 49.3 Å². The molecule has 0 fully saturated rings. The van der Waals surface area contributed by atoms with Gasteiger partial charge >= 0.3 is 0 Å². The molecule has 0 unspecified atom stereocenters. The Hall–Kier alpha value is -1.49. The molecule has 0 aliphatic heterocycles. The van der Waals surface area contributed by atoms with Gasteiger partial charge < -0.3 is 10.4 Å². The smallest absolute Gasteiger partial charge is 0.222 e. The fourth-order valence-electron chi connectivity index (χ4n) is 1.64. The maximum Gasteiger partial charge on any atom is 0.222 e. The number of rotatable bonds is 5. The lowest BCUT2D eigenvalue weighted by molar-refractivity contribution is -0.121. The van der Waals surface area contributed by atoms with Crippen molar-refractivity contribution in [2.75, 3.05) is 13.2 Å². The zero-order chi connectivity index (χ0) is 13.8. The minimum atomic E-state index is -0.650. The third-order valence-electron chi connectivity index (χ3n) is 2.73. The highest BCUT2D eigenvalue weighted by Gasteiger charge is 2.25. The highest BCUT2D eigenvalue weighted by atomic mass is 19.1. The van der Waals surface area contributed by atoms with E-state index in [0.29, 0.717) is 5.56 Å². The summed E-state index contributed by atoms with van der Waals surface area (Å²) in [7, 11) is 0. The average Bonchev–Trinajstić information content (AvgIpc) is 2.26. The molecular weight excluding hydrogens is 240 g/mol. The van der Waals surface area contributed by atoms with Gasteiger partial charge in [-0.15, -0.1) is 0 Å². The maximum atomic E-state index is 13.6.